The Balaban J connectivity index is 1.18. The molecule has 1 aliphatic heterocycles. The first-order chi connectivity index (χ1) is 16.8. The van der Waals surface area contributed by atoms with Crippen molar-refractivity contribution in [3.8, 4) is 11.3 Å². The van der Waals surface area contributed by atoms with Crippen LogP contribution in [0.15, 0.2) is 67.1 Å². The lowest BCUT2D eigenvalue weighted by Crippen LogP contribution is -2.52. The van der Waals surface area contributed by atoms with Crippen LogP contribution in [0.25, 0.3) is 16.9 Å². The molecular formula is C27H29N6P. The van der Waals surface area contributed by atoms with E-state index in [-0.39, 0.29) is 0 Å². The maximum atomic E-state index is 4.63. The van der Waals surface area contributed by atoms with Gasteiger partial charge in [0.1, 0.15) is 0 Å². The van der Waals surface area contributed by atoms with E-state index in [1.54, 1.807) is 0 Å². The van der Waals surface area contributed by atoms with Gasteiger partial charge in [0.15, 0.2) is 5.65 Å². The number of hydrogen-bond acceptors (Lipinski definition) is 5. The number of nitrogens with zero attached hydrogens (tertiary/aromatic N) is 5. The molecule has 1 N–H and O–H groups in total. The van der Waals surface area contributed by atoms with Crippen molar-refractivity contribution in [1.29, 1.82) is 0 Å². The van der Waals surface area contributed by atoms with E-state index >= 15 is 0 Å². The third kappa shape index (κ3) is 4.08. The highest BCUT2D eigenvalue weighted by Crippen LogP contribution is 2.29. The van der Waals surface area contributed by atoms with E-state index in [1.807, 2.05) is 24.7 Å². The zero-order valence-corrected chi connectivity index (χ0v) is 20.2. The van der Waals surface area contributed by atoms with Gasteiger partial charge in [-0.15, -0.1) is 0 Å². The van der Waals surface area contributed by atoms with Gasteiger partial charge in [-0.1, -0.05) is 20.9 Å². The Morgan fingerprint density at radius 3 is 2.47 bits per heavy atom. The van der Waals surface area contributed by atoms with Crippen molar-refractivity contribution in [1.82, 2.24) is 19.3 Å². The fourth-order valence-electron chi connectivity index (χ4n) is 5.02. The van der Waals surface area contributed by atoms with Crippen molar-refractivity contribution < 1.29 is 0 Å². The van der Waals surface area contributed by atoms with E-state index in [2.05, 4.69) is 78.2 Å². The van der Waals surface area contributed by atoms with Crippen molar-refractivity contribution in [3.63, 3.8) is 0 Å². The van der Waals surface area contributed by atoms with Crippen molar-refractivity contribution in [2.24, 2.45) is 0 Å². The number of fused-ring (bicyclic) bond motifs is 1. The highest BCUT2D eigenvalue weighted by Gasteiger charge is 2.27. The summed E-state index contributed by atoms with van der Waals surface area (Å²) in [6.07, 6.45) is 13.8. The quantitative estimate of drug-likeness (QED) is 0.411. The number of piperazine rings is 1. The van der Waals surface area contributed by atoms with Gasteiger partial charge in [-0.25, -0.2) is 4.98 Å². The minimum atomic E-state index is 0.850. The molecule has 4 aromatic rings. The molecular weight excluding hydrogens is 439 g/mol. The fraction of sp³-hybridized carbons (Fsp3) is 0.296. The lowest BCUT2D eigenvalue weighted by molar-refractivity contribution is 0.120. The molecule has 0 unspecified atom stereocenters. The van der Waals surface area contributed by atoms with Crippen LogP contribution in [0.5, 0.6) is 0 Å². The maximum absolute atomic E-state index is 4.63. The third-order valence-corrected chi connectivity index (χ3v) is 7.74. The van der Waals surface area contributed by atoms with Gasteiger partial charge in [0.05, 0.1) is 16.8 Å². The molecule has 1 aromatic carbocycles. The molecule has 1 saturated heterocycles. The number of hydrogen-bond donors (Lipinski definition) is 1. The van der Waals surface area contributed by atoms with Gasteiger partial charge in [0.25, 0.3) is 0 Å². The minimum absolute atomic E-state index is 0.850. The van der Waals surface area contributed by atoms with E-state index in [9.17, 15) is 0 Å². The van der Waals surface area contributed by atoms with Crippen LogP contribution in [0.4, 0.5) is 17.1 Å². The van der Waals surface area contributed by atoms with Crippen LogP contribution in [-0.2, 0) is 0 Å². The standard InChI is InChI=1S/C27H29N6P/c1-34-26-19-20(11-12-28-26)25-10-9-24(27-29-13-14-33(25)27)30-21-5-7-23(8-6-21)32-17-15-31(16-18-32)22-3-2-4-22/h5-14,19,22,30H,1-4,15-18H2. The smallest absolute Gasteiger partial charge is 0.161 e. The summed E-state index contributed by atoms with van der Waals surface area (Å²) in [5.74, 6) is 0. The number of aromatic nitrogens is 3. The molecule has 3 aromatic heterocycles. The van der Waals surface area contributed by atoms with Gasteiger partial charge >= 0.3 is 0 Å². The molecule has 34 heavy (non-hydrogen) atoms. The predicted octanol–water partition coefficient (Wildman–Crippen LogP) is 4.82. The van der Waals surface area contributed by atoms with Gasteiger partial charge < -0.3 is 10.2 Å². The lowest BCUT2D eigenvalue weighted by atomic mass is 9.91. The van der Waals surface area contributed by atoms with Crippen LogP contribution < -0.4 is 15.7 Å². The summed E-state index contributed by atoms with van der Waals surface area (Å²) in [5, 5.41) is 3.57. The molecule has 2 aliphatic rings. The third-order valence-electron chi connectivity index (χ3n) is 7.17. The van der Waals surface area contributed by atoms with E-state index in [4.69, 9.17) is 0 Å². The van der Waals surface area contributed by atoms with Crippen molar-refractivity contribution in [2.45, 2.75) is 25.3 Å². The average molecular weight is 469 g/mol. The minimum Gasteiger partial charge on any atom is -0.369 e. The molecule has 0 spiro atoms. The van der Waals surface area contributed by atoms with Gasteiger partial charge in [0, 0.05) is 67.7 Å². The van der Waals surface area contributed by atoms with Crippen LogP contribution in [0.3, 0.4) is 0 Å². The summed E-state index contributed by atoms with van der Waals surface area (Å²) < 4.78 is 2.12. The number of pyridine rings is 2. The normalized spacial score (nSPS) is 17.2. The molecule has 6 nitrogen and oxygen atoms in total. The van der Waals surface area contributed by atoms with E-state index in [0.29, 0.717) is 0 Å². The summed E-state index contributed by atoms with van der Waals surface area (Å²) in [6.45, 7) is 4.60. The largest absolute Gasteiger partial charge is 0.369 e. The number of imidazole rings is 1. The molecule has 0 bridgehead atoms. The highest BCUT2D eigenvalue weighted by molar-refractivity contribution is 7.45. The highest BCUT2D eigenvalue weighted by atomic mass is 31.1. The van der Waals surface area contributed by atoms with Crippen LogP contribution in [0.2, 0.25) is 0 Å². The first-order valence-corrected chi connectivity index (χ1v) is 13.1. The van der Waals surface area contributed by atoms with Gasteiger partial charge in [0.2, 0.25) is 0 Å². The molecule has 0 atom stereocenters. The average Bonchev–Trinajstić information content (AvgIpc) is 3.35. The molecule has 1 saturated carbocycles. The summed E-state index contributed by atoms with van der Waals surface area (Å²) in [7, 11) is 0.916. The molecule has 6 rings (SSSR count). The zero-order valence-electron chi connectivity index (χ0n) is 19.3. The van der Waals surface area contributed by atoms with Crippen molar-refractivity contribution in [2.75, 3.05) is 36.4 Å². The van der Waals surface area contributed by atoms with Crippen molar-refractivity contribution in [3.05, 3.63) is 67.1 Å². The Hall–Kier alpha value is -3.21. The Morgan fingerprint density at radius 1 is 0.912 bits per heavy atom. The van der Waals surface area contributed by atoms with E-state index < -0.39 is 0 Å². The molecule has 0 radical (unpaired) electrons. The topological polar surface area (TPSA) is 48.7 Å². The monoisotopic (exact) mass is 468 g/mol. The molecule has 172 valence electrons. The van der Waals surface area contributed by atoms with Crippen LogP contribution in [0.1, 0.15) is 19.3 Å². The van der Waals surface area contributed by atoms with Crippen LogP contribution >= 0.6 is 8.20 Å². The van der Waals surface area contributed by atoms with Gasteiger partial charge in [-0.3, -0.25) is 14.3 Å². The van der Waals surface area contributed by atoms with E-state index in [1.165, 1.54) is 38.0 Å². The Morgan fingerprint density at radius 2 is 1.74 bits per heavy atom. The Labute approximate surface area is 202 Å². The summed E-state index contributed by atoms with van der Waals surface area (Å²) in [5.41, 5.74) is 7.41. The molecule has 7 heteroatoms. The Kier molecular flexibility index (Phi) is 5.78. The van der Waals surface area contributed by atoms with E-state index in [0.717, 1.165) is 61.0 Å². The first-order valence-electron chi connectivity index (χ1n) is 12.0. The molecule has 1 aliphatic carbocycles. The van der Waals surface area contributed by atoms with Crippen LogP contribution in [0, 0.1) is 0 Å². The number of nitrogens with one attached hydrogen (secondary N) is 1. The second-order valence-electron chi connectivity index (χ2n) is 9.09. The number of benzene rings is 1. The first kappa shape index (κ1) is 21.3. The zero-order chi connectivity index (χ0) is 22.9. The predicted molar refractivity (Wildman–Crippen MR) is 143 cm³/mol. The van der Waals surface area contributed by atoms with Crippen LogP contribution in [-0.4, -0.2) is 57.8 Å². The fourth-order valence-corrected chi connectivity index (χ4v) is 5.40. The lowest BCUT2D eigenvalue weighted by Gasteiger charge is -2.43. The summed E-state index contributed by atoms with van der Waals surface area (Å²) in [4.78, 5) is 14.2. The second-order valence-corrected chi connectivity index (χ2v) is 9.87. The molecule has 0 amide bonds. The van der Waals surface area contributed by atoms with Gasteiger partial charge in [-0.2, -0.15) is 0 Å². The van der Waals surface area contributed by atoms with Gasteiger partial charge in [-0.05, 0) is 61.4 Å². The molecule has 2 fully saturated rings. The SMILES string of the molecule is C=Pc1cc(-c2ccc(Nc3ccc(N4CCN(C5CCC5)CC4)cc3)c3nccn23)ccn1. The summed E-state index contributed by atoms with van der Waals surface area (Å²) in [6, 6.07) is 18.0. The molecule has 4 heterocycles. The number of rotatable bonds is 6. The number of anilines is 3. The maximum Gasteiger partial charge on any atom is 0.161 e. The van der Waals surface area contributed by atoms with Crippen molar-refractivity contribution >= 4 is 42.6 Å². The second kappa shape index (κ2) is 9.21. The Bertz CT molecular complexity index is 1300. The summed E-state index contributed by atoms with van der Waals surface area (Å²) >= 11 is 0.